The predicted molar refractivity (Wildman–Crippen MR) is 55.9 cm³/mol. The molecule has 0 spiro atoms. The number of nitrogens with zero attached hydrogens (tertiary/aromatic N) is 1. The highest BCUT2D eigenvalue weighted by Crippen LogP contribution is 1.99. The third-order valence-corrected chi connectivity index (χ3v) is 2.40. The topological polar surface area (TPSA) is 24.9 Å². The summed E-state index contributed by atoms with van der Waals surface area (Å²) in [5, 5.41) is 3.38. The highest BCUT2D eigenvalue weighted by atomic mass is 35.5. The highest BCUT2D eigenvalue weighted by molar-refractivity contribution is 6.18. The molecule has 0 radical (unpaired) electrons. The van der Waals surface area contributed by atoms with Crippen molar-refractivity contribution >= 4 is 11.6 Å². The van der Waals surface area contributed by atoms with Crippen molar-refractivity contribution in [3.8, 4) is 0 Å². The van der Waals surface area contributed by atoms with Gasteiger partial charge in [-0.1, -0.05) is 6.92 Å². The van der Waals surface area contributed by atoms with Crippen LogP contribution in [0.3, 0.4) is 0 Å². The summed E-state index contributed by atoms with van der Waals surface area (Å²) in [7, 11) is 0. The van der Waals surface area contributed by atoms with Crippen molar-refractivity contribution in [2.75, 3.05) is 5.88 Å². The zero-order valence-corrected chi connectivity index (χ0v) is 8.59. The van der Waals surface area contributed by atoms with Gasteiger partial charge in [0.05, 0.1) is 0 Å². The van der Waals surface area contributed by atoms with Crippen molar-refractivity contribution < 1.29 is 0 Å². The summed E-state index contributed by atoms with van der Waals surface area (Å²) in [6.07, 6.45) is 4.67. The molecule has 1 aromatic rings. The van der Waals surface area contributed by atoms with Crippen LogP contribution in [0.15, 0.2) is 24.5 Å². The highest BCUT2D eigenvalue weighted by Gasteiger charge is 2.02. The first-order valence-corrected chi connectivity index (χ1v) is 5.08. The normalized spacial score (nSPS) is 12.8. The van der Waals surface area contributed by atoms with E-state index in [1.54, 1.807) is 12.4 Å². The Morgan fingerprint density at radius 3 is 2.69 bits per heavy atom. The number of pyridine rings is 1. The van der Waals surface area contributed by atoms with E-state index in [1.807, 2.05) is 12.1 Å². The third-order valence-electron chi connectivity index (χ3n) is 2.02. The lowest BCUT2D eigenvalue weighted by atomic mass is 10.2. The van der Waals surface area contributed by atoms with Gasteiger partial charge in [0.1, 0.15) is 0 Å². The van der Waals surface area contributed by atoms with Gasteiger partial charge in [0.2, 0.25) is 0 Å². The standard InChI is InChI=1S/C10H15ClN2/c1-2-10(7-11)13-8-9-3-5-12-6-4-9/h3-6,10,13H,2,7-8H2,1H3. The van der Waals surface area contributed by atoms with Crippen molar-refractivity contribution in [2.24, 2.45) is 0 Å². The fraction of sp³-hybridized carbons (Fsp3) is 0.500. The van der Waals surface area contributed by atoms with Crippen molar-refractivity contribution in [2.45, 2.75) is 25.9 Å². The van der Waals surface area contributed by atoms with Gasteiger partial charge in [0.15, 0.2) is 0 Å². The van der Waals surface area contributed by atoms with Gasteiger partial charge in [-0.2, -0.15) is 0 Å². The number of alkyl halides is 1. The molecule has 0 aromatic carbocycles. The quantitative estimate of drug-likeness (QED) is 0.734. The van der Waals surface area contributed by atoms with Crippen LogP contribution in [-0.4, -0.2) is 16.9 Å². The second kappa shape index (κ2) is 5.95. The van der Waals surface area contributed by atoms with E-state index in [4.69, 9.17) is 11.6 Å². The maximum atomic E-state index is 5.76. The molecule has 0 bridgehead atoms. The smallest absolute Gasteiger partial charge is 0.0377 e. The molecule has 1 aromatic heterocycles. The maximum absolute atomic E-state index is 5.76. The Hall–Kier alpha value is -0.600. The van der Waals surface area contributed by atoms with E-state index in [2.05, 4.69) is 17.2 Å². The van der Waals surface area contributed by atoms with Crippen LogP contribution >= 0.6 is 11.6 Å². The first-order chi connectivity index (χ1) is 6.36. The van der Waals surface area contributed by atoms with Gasteiger partial charge in [-0.05, 0) is 24.1 Å². The Bertz CT molecular complexity index is 222. The Kier molecular flexibility index (Phi) is 4.79. The van der Waals surface area contributed by atoms with Gasteiger partial charge < -0.3 is 5.32 Å². The van der Waals surface area contributed by atoms with E-state index < -0.39 is 0 Å². The van der Waals surface area contributed by atoms with E-state index in [1.165, 1.54) is 5.56 Å². The minimum atomic E-state index is 0.412. The molecule has 13 heavy (non-hydrogen) atoms. The van der Waals surface area contributed by atoms with Crippen LogP contribution in [0, 0.1) is 0 Å². The third kappa shape index (κ3) is 3.75. The predicted octanol–water partition coefficient (Wildman–Crippen LogP) is 2.19. The molecule has 0 amide bonds. The minimum Gasteiger partial charge on any atom is -0.309 e. The molecule has 1 atom stereocenters. The zero-order valence-electron chi connectivity index (χ0n) is 7.83. The fourth-order valence-corrected chi connectivity index (χ4v) is 1.40. The summed E-state index contributed by atoms with van der Waals surface area (Å²) in [5.74, 6) is 0.668. The Morgan fingerprint density at radius 1 is 1.46 bits per heavy atom. The van der Waals surface area contributed by atoms with Gasteiger partial charge >= 0.3 is 0 Å². The molecule has 0 saturated heterocycles. The molecule has 0 aliphatic carbocycles. The molecule has 0 aliphatic rings. The summed E-state index contributed by atoms with van der Waals surface area (Å²) < 4.78 is 0. The summed E-state index contributed by atoms with van der Waals surface area (Å²) in [6, 6.07) is 4.43. The summed E-state index contributed by atoms with van der Waals surface area (Å²) in [6.45, 7) is 3.00. The number of hydrogen-bond donors (Lipinski definition) is 1. The second-order valence-corrected chi connectivity index (χ2v) is 3.30. The van der Waals surface area contributed by atoms with Crippen molar-refractivity contribution in [1.82, 2.24) is 10.3 Å². The molecule has 1 rings (SSSR count). The number of nitrogens with one attached hydrogen (secondary N) is 1. The number of rotatable bonds is 5. The molecule has 1 unspecified atom stereocenters. The first kappa shape index (κ1) is 10.5. The molecular formula is C10H15ClN2. The van der Waals surface area contributed by atoms with Crippen molar-refractivity contribution in [1.29, 1.82) is 0 Å². The lowest BCUT2D eigenvalue weighted by molar-refractivity contribution is 0.538. The molecular weight excluding hydrogens is 184 g/mol. The van der Waals surface area contributed by atoms with Crippen LogP contribution in [0.4, 0.5) is 0 Å². The number of halogens is 1. The van der Waals surface area contributed by atoms with Gasteiger partial charge in [-0.25, -0.2) is 0 Å². The molecule has 1 heterocycles. The maximum Gasteiger partial charge on any atom is 0.0377 e. The molecule has 2 nitrogen and oxygen atoms in total. The van der Waals surface area contributed by atoms with Crippen molar-refractivity contribution in [3.05, 3.63) is 30.1 Å². The molecule has 72 valence electrons. The summed E-state index contributed by atoms with van der Waals surface area (Å²) >= 11 is 5.76. The van der Waals surface area contributed by atoms with Gasteiger partial charge in [0.25, 0.3) is 0 Å². The molecule has 0 fully saturated rings. The minimum absolute atomic E-state index is 0.412. The van der Waals surface area contributed by atoms with E-state index in [0.717, 1.165) is 13.0 Å². The fourth-order valence-electron chi connectivity index (χ4n) is 1.07. The van der Waals surface area contributed by atoms with Gasteiger partial charge in [-0.15, -0.1) is 11.6 Å². The number of aromatic nitrogens is 1. The largest absolute Gasteiger partial charge is 0.309 e. The van der Waals surface area contributed by atoms with Crippen molar-refractivity contribution in [3.63, 3.8) is 0 Å². The lowest BCUT2D eigenvalue weighted by Gasteiger charge is -2.13. The summed E-state index contributed by atoms with van der Waals surface area (Å²) in [5.41, 5.74) is 1.25. The van der Waals surface area contributed by atoms with E-state index in [0.29, 0.717) is 11.9 Å². The van der Waals surface area contributed by atoms with Crippen LogP contribution < -0.4 is 5.32 Å². The Balaban J connectivity index is 2.34. The Morgan fingerprint density at radius 2 is 2.15 bits per heavy atom. The molecule has 1 N–H and O–H groups in total. The van der Waals surface area contributed by atoms with Crippen LogP contribution in [0.2, 0.25) is 0 Å². The Labute approximate surface area is 84.3 Å². The second-order valence-electron chi connectivity index (χ2n) is 3.00. The van der Waals surface area contributed by atoms with Crippen LogP contribution in [0.5, 0.6) is 0 Å². The average molecular weight is 199 g/mol. The molecule has 3 heteroatoms. The SMILES string of the molecule is CCC(CCl)NCc1ccncc1. The van der Waals surface area contributed by atoms with E-state index in [9.17, 15) is 0 Å². The molecule has 0 saturated carbocycles. The van der Waals surface area contributed by atoms with Gasteiger partial charge in [0, 0.05) is 30.9 Å². The number of hydrogen-bond acceptors (Lipinski definition) is 2. The van der Waals surface area contributed by atoms with Gasteiger partial charge in [-0.3, -0.25) is 4.98 Å². The van der Waals surface area contributed by atoms with Crippen LogP contribution in [0.25, 0.3) is 0 Å². The monoisotopic (exact) mass is 198 g/mol. The zero-order chi connectivity index (χ0) is 9.52. The lowest BCUT2D eigenvalue weighted by Crippen LogP contribution is -2.29. The summed E-state index contributed by atoms with van der Waals surface area (Å²) in [4.78, 5) is 3.96. The van der Waals surface area contributed by atoms with Crippen LogP contribution in [-0.2, 0) is 6.54 Å². The first-order valence-electron chi connectivity index (χ1n) is 4.55. The van der Waals surface area contributed by atoms with Crippen LogP contribution in [0.1, 0.15) is 18.9 Å². The van der Waals surface area contributed by atoms with E-state index in [-0.39, 0.29) is 0 Å². The van der Waals surface area contributed by atoms with E-state index >= 15 is 0 Å². The average Bonchev–Trinajstić information content (AvgIpc) is 2.21. The molecule has 0 aliphatic heterocycles.